The highest BCUT2D eigenvalue weighted by Crippen LogP contribution is 2.06. The van der Waals surface area contributed by atoms with E-state index in [2.05, 4.69) is 9.47 Å². The molecular formula is C10H20O6. The molecule has 16 heavy (non-hydrogen) atoms. The summed E-state index contributed by atoms with van der Waals surface area (Å²) in [4.78, 5) is 20.3. The van der Waals surface area contributed by atoms with E-state index in [0.717, 1.165) is 0 Å². The van der Waals surface area contributed by atoms with Gasteiger partial charge in [0.25, 0.3) is 0 Å². The summed E-state index contributed by atoms with van der Waals surface area (Å²) >= 11 is 0. The molecule has 0 radical (unpaired) electrons. The molecule has 6 nitrogen and oxygen atoms in total. The van der Waals surface area contributed by atoms with Crippen LogP contribution >= 0.6 is 0 Å². The first kappa shape index (κ1) is 17.3. The number of carbonyl (C=O) groups is 2. The largest absolute Gasteiger partial charge is 0.479 e. The Morgan fingerprint density at radius 2 is 1.00 bits per heavy atom. The molecule has 96 valence electrons. The SMILES string of the molecule is COC(C)(C)C(=O)O.COC(C)(C)C(=O)O. The van der Waals surface area contributed by atoms with Gasteiger partial charge in [-0.15, -0.1) is 0 Å². The molecular weight excluding hydrogens is 216 g/mol. The van der Waals surface area contributed by atoms with Crippen molar-refractivity contribution in [1.82, 2.24) is 0 Å². The first-order valence-corrected chi connectivity index (χ1v) is 4.58. The molecule has 0 aromatic carbocycles. The van der Waals surface area contributed by atoms with Crippen LogP contribution in [0.3, 0.4) is 0 Å². The van der Waals surface area contributed by atoms with Crippen LogP contribution in [-0.4, -0.2) is 47.6 Å². The number of carboxylic acids is 2. The quantitative estimate of drug-likeness (QED) is 0.756. The van der Waals surface area contributed by atoms with Gasteiger partial charge in [-0.25, -0.2) is 9.59 Å². The summed E-state index contributed by atoms with van der Waals surface area (Å²) < 4.78 is 9.20. The van der Waals surface area contributed by atoms with Gasteiger partial charge < -0.3 is 19.7 Å². The fraction of sp³-hybridized carbons (Fsp3) is 0.800. The average molecular weight is 236 g/mol. The topological polar surface area (TPSA) is 93.1 Å². The van der Waals surface area contributed by atoms with Crippen molar-refractivity contribution in [2.45, 2.75) is 38.9 Å². The molecule has 0 saturated heterocycles. The number of carboxylic acid groups (broad SMARTS) is 2. The van der Waals surface area contributed by atoms with Crippen molar-refractivity contribution in [2.24, 2.45) is 0 Å². The van der Waals surface area contributed by atoms with E-state index >= 15 is 0 Å². The predicted octanol–water partition coefficient (Wildman–Crippen LogP) is 0.992. The van der Waals surface area contributed by atoms with Crippen LogP contribution in [-0.2, 0) is 19.1 Å². The van der Waals surface area contributed by atoms with Gasteiger partial charge in [-0.1, -0.05) is 0 Å². The smallest absolute Gasteiger partial charge is 0.335 e. The van der Waals surface area contributed by atoms with Gasteiger partial charge in [0, 0.05) is 14.2 Å². The van der Waals surface area contributed by atoms with Crippen LogP contribution in [0, 0.1) is 0 Å². The van der Waals surface area contributed by atoms with E-state index in [1.165, 1.54) is 41.9 Å². The molecule has 0 bridgehead atoms. The molecule has 0 heterocycles. The van der Waals surface area contributed by atoms with Gasteiger partial charge in [-0.05, 0) is 27.7 Å². The highest BCUT2D eigenvalue weighted by Gasteiger charge is 2.26. The van der Waals surface area contributed by atoms with Gasteiger partial charge in [0.05, 0.1) is 0 Å². The minimum atomic E-state index is -1.04. The zero-order chi connectivity index (χ0) is 13.6. The van der Waals surface area contributed by atoms with Crippen LogP contribution in [0.5, 0.6) is 0 Å². The number of methoxy groups -OCH3 is 2. The van der Waals surface area contributed by atoms with Gasteiger partial charge in [0.15, 0.2) is 11.2 Å². The molecule has 0 aromatic rings. The minimum Gasteiger partial charge on any atom is -0.479 e. The summed E-state index contributed by atoms with van der Waals surface area (Å²) in [6.07, 6.45) is 0. The lowest BCUT2D eigenvalue weighted by atomic mass is 10.1. The van der Waals surface area contributed by atoms with Crippen molar-refractivity contribution in [3.8, 4) is 0 Å². The van der Waals surface area contributed by atoms with Gasteiger partial charge >= 0.3 is 11.9 Å². The van der Waals surface area contributed by atoms with E-state index in [1.54, 1.807) is 0 Å². The van der Waals surface area contributed by atoms with Gasteiger partial charge in [-0.3, -0.25) is 0 Å². The van der Waals surface area contributed by atoms with Crippen LogP contribution in [0.1, 0.15) is 27.7 Å². The number of hydrogen-bond donors (Lipinski definition) is 2. The van der Waals surface area contributed by atoms with Gasteiger partial charge in [-0.2, -0.15) is 0 Å². The van der Waals surface area contributed by atoms with E-state index in [-0.39, 0.29) is 0 Å². The molecule has 0 amide bonds. The summed E-state index contributed by atoms with van der Waals surface area (Å²) in [6.45, 7) is 5.98. The normalized spacial score (nSPS) is 11.4. The Hall–Kier alpha value is -1.14. The lowest BCUT2D eigenvalue weighted by Gasteiger charge is -2.15. The first-order valence-electron chi connectivity index (χ1n) is 4.58. The molecule has 0 aliphatic carbocycles. The third-order valence-electron chi connectivity index (χ3n) is 2.05. The number of aliphatic carboxylic acids is 2. The van der Waals surface area contributed by atoms with E-state index in [0.29, 0.717) is 0 Å². The van der Waals surface area contributed by atoms with Crippen LogP contribution in [0.2, 0.25) is 0 Å². The molecule has 0 saturated carbocycles. The number of hydrogen-bond acceptors (Lipinski definition) is 4. The Morgan fingerprint density at radius 3 is 1.00 bits per heavy atom. The van der Waals surface area contributed by atoms with E-state index < -0.39 is 23.1 Å². The van der Waals surface area contributed by atoms with E-state index in [9.17, 15) is 9.59 Å². The molecule has 2 N–H and O–H groups in total. The minimum absolute atomic E-state index is 0.944. The molecule has 0 spiro atoms. The molecule has 0 fully saturated rings. The Kier molecular flexibility index (Phi) is 6.95. The maximum atomic E-state index is 10.1. The Morgan fingerprint density at radius 1 is 0.812 bits per heavy atom. The molecule has 0 rings (SSSR count). The Labute approximate surface area is 95.2 Å². The maximum Gasteiger partial charge on any atom is 0.335 e. The zero-order valence-corrected chi connectivity index (χ0v) is 10.5. The van der Waals surface area contributed by atoms with Crippen molar-refractivity contribution in [1.29, 1.82) is 0 Å². The summed E-state index contributed by atoms with van der Waals surface area (Å²) in [5, 5.41) is 16.6. The van der Waals surface area contributed by atoms with Crippen LogP contribution in [0.4, 0.5) is 0 Å². The van der Waals surface area contributed by atoms with Crippen LogP contribution < -0.4 is 0 Å². The van der Waals surface area contributed by atoms with E-state index in [4.69, 9.17) is 10.2 Å². The summed E-state index contributed by atoms with van der Waals surface area (Å²) in [5.74, 6) is -1.89. The second-order valence-corrected chi connectivity index (χ2v) is 4.04. The highest BCUT2D eigenvalue weighted by atomic mass is 16.5. The van der Waals surface area contributed by atoms with Gasteiger partial charge in [0.2, 0.25) is 0 Å². The predicted molar refractivity (Wildman–Crippen MR) is 57.4 cm³/mol. The van der Waals surface area contributed by atoms with Crippen molar-refractivity contribution in [3.63, 3.8) is 0 Å². The number of ether oxygens (including phenoxy) is 2. The monoisotopic (exact) mass is 236 g/mol. The van der Waals surface area contributed by atoms with Crippen molar-refractivity contribution in [2.75, 3.05) is 14.2 Å². The van der Waals surface area contributed by atoms with Crippen LogP contribution in [0.15, 0.2) is 0 Å². The lowest BCUT2D eigenvalue weighted by Crippen LogP contribution is -2.33. The zero-order valence-electron chi connectivity index (χ0n) is 10.5. The third kappa shape index (κ3) is 6.36. The van der Waals surface area contributed by atoms with Crippen LogP contribution in [0.25, 0.3) is 0 Å². The fourth-order valence-corrected chi connectivity index (χ4v) is 0.175. The average Bonchev–Trinajstić information content (AvgIpc) is 2.18. The maximum absolute atomic E-state index is 10.1. The molecule has 0 aromatic heterocycles. The standard InChI is InChI=1S/2C5H10O3/c2*1-5(2,8-3)4(6)7/h2*1-3H3,(H,6,7). The molecule has 0 unspecified atom stereocenters. The van der Waals surface area contributed by atoms with Gasteiger partial charge in [0.1, 0.15) is 0 Å². The molecule has 0 atom stereocenters. The second kappa shape index (κ2) is 6.44. The summed E-state index contributed by atoms with van der Waals surface area (Å²) in [6, 6.07) is 0. The summed E-state index contributed by atoms with van der Waals surface area (Å²) in [5.41, 5.74) is -2.08. The van der Waals surface area contributed by atoms with Crippen molar-refractivity contribution >= 4 is 11.9 Å². The highest BCUT2D eigenvalue weighted by molar-refractivity contribution is 5.76. The lowest BCUT2D eigenvalue weighted by molar-refractivity contribution is -0.158. The Balaban J connectivity index is 0. The molecule has 0 aliphatic rings. The second-order valence-electron chi connectivity index (χ2n) is 4.04. The molecule has 6 heteroatoms. The first-order chi connectivity index (χ1) is 7.01. The van der Waals surface area contributed by atoms with Crippen molar-refractivity contribution < 1.29 is 29.3 Å². The molecule has 0 aliphatic heterocycles. The third-order valence-corrected chi connectivity index (χ3v) is 2.05. The Bertz CT molecular complexity index is 218. The van der Waals surface area contributed by atoms with Crippen molar-refractivity contribution in [3.05, 3.63) is 0 Å². The number of rotatable bonds is 4. The summed E-state index contributed by atoms with van der Waals surface area (Å²) in [7, 11) is 2.74. The van der Waals surface area contributed by atoms with E-state index in [1.807, 2.05) is 0 Å². The fourth-order valence-electron chi connectivity index (χ4n) is 0.175.